The van der Waals surface area contributed by atoms with Crippen molar-refractivity contribution in [2.45, 2.75) is 32.2 Å². The summed E-state index contributed by atoms with van der Waals surface area (Å²) in [6.07, 6.45) is -1.15. The number of hydrogen-bond acceptors (Lipinski definition) is 4. The molecule has 0 aliphatic carbocycles. The van der Waals surface area contributed by atoms with Gasteiger partial charge in [0.1, 0.15) is 5.36 Å². The largest absolute Gasteiger partial charge is 0.480 e. The lowest BCUT2D eigenvalue weighted by atomic mass is 10.0. The Morgan fingerprint density at radius 2 is 2.04 bits per heavy atom. The number of likely N-dealkylation sites (N-methyl/N-ethyl adjacent to an activating group) is 1. The molecular weight excluding hydrogens is 358 g/mol. The van der Waals surface area contributed by atoms with Crippen molar-refractivity contribution in [3.63, 3.8) is 0 Å². The van der Waals surface area contributed by atoms with Gasteiger partial charge in [0.15, 0.2) is 6.54 Å². The van der Waals surface area contributed by atoms with Gasteiger partial charge in [-0.2, -0.15) is 9.57 Å². The average Bonchev–Trinajstić information content (AvgIpc) is 2.63. The van der Waals surface area contributed by atoms with E-state index >= 15 is 0 Å². The van der Waals surface area contributed by atoms with E-state index in [1.807, 2.05) is 0 Å². The van der Waals surface area contributed by atoms with Crippen molar-refractivity contribution in [1.82, 2.24) is 14.8 Å². The quantitative estimate of drug-likeness (QED) is 0.544. The summed E-state index contributed by atoms with van der Waals surface area (Å²) in [5.41, 5.74) is 0.339. The van der Waals surface area contributed by atoms with Gasteiger partial charge in [-0.1, -0.05) is 0 Å². The van der Waals surface area contributed by atoms with Crippen LogP contribution in [0.3, 0.4) is 0 Å². The molecular formula is C18H21F2N4O3+. The molecule has 144 valence electrons. The van der Waals surface area contributed by atoms with Crippen molar-refractivity contribution < 1.29 is 23.2 Å². The van der Waals surface area contributed by atoms with Gasteiger partial charge in [0, 0.05) is 30.8 Å². The molecule has 3 amide bonds. The van der Waals surface area contributed by atoms with Crippen LogP contribution in [0.25, 0.3) is 0 Å². The maximum atomic E-state index is 12.5. The molecule has 1 fully saturated rings. The molecule has 0 bridgehead atoms. The van der Waals surface area contributed by atoms with E-state index < -0.39 is 18.2 Å². The number of likely N-dealkylation sites (tertiary alicyclic amines) is 1. The monoisotopic (exact) mass is 379 g/mol. The topological polar surface area (TPSA) is 81.8 Å². The second-order valence-corrected chi connectivity index (χ2v) is 6.61. The number of benzene rings is 1. The summed E-state index contributed by atoms with van der Waals surface area (Å²) in [5, 5.41) is 3.69. The third kappa shape index (κ3) is 4.24. The standard InChI is InChI=1S/C18H20F2N4O3/c1-2-24-14-4-3-11(9-13(14)22-17(26)18(24)27)16(25)21-12-5-7-23(8-6-12)10-15(19)20/h3-4,9,12,15H,2,5-8,10H2,1H3/p+1. The number of alkyl halides is 2. The summed E-state index contributed by atoms with van der Waals surface area (Å²) in [6, 6.07) is 4.59. The predicted molar refractivity (Wildman–Crippen MR) is 91.9 cm³/mol. The van der Waals surface area contributed by atoms with Gasteiger partial charge in [-0.3, -0.25) is 14.5 Å². The Balaban J connectivity index is 1.72. The first-order valence-corrected chi connectivity index (χ1v) is 8.92. The smallest absolute Gasteiger partial charge is 0.349 e. The summed E-state index contributed by atoms with van der Waals surface area (Å²) in [4.78, 5) is 41.5. The van der Waals surface area contributed by atoms with Crippen LogP contribution in [0.15, 0.2) is 23.2 Å². The molecule has 0 radical (unpaired) electrons. The molecule has 1 saturated heterocycles. The number of nitrogens with one attached hydrogen (secondary N) is 1. The summed E-state index contributed by atoms with van der Waals surface area (Å²) in [6.45, 7) is 2.86. The van der Waals surface area contributed by atoms with E-state index in [9.17, 15) is 23.2 Å². The summed E-state index contributed by atoms with van der Waals surface area (Å²) >= 11 is 0. The van der Waals surface area contributed by atoms with Crippen molar-refractivity contribution >= 4 is 17.7 Å². The van der Waals surface area contributed by atoms with Crippen LogP contribution in [0.4, 0.5) is 8.78 Å². The zero-order valence-electron chi connectivity index (χ0n) is 15.0. The first-order chi connectivity index (χ1) is 12.9. The molecule has 9 heteroatoms. The molecule has 0 spiro atoms. The number of piperidine rings is 1. The first-order valence-electron chi connectivity index (χ1n) is 8.92. The molecule has 1 aromatic carbocycles. The van der Waals surface area contributed by atoms with Gasteiger partial charge in [-0.15, -0.1) is 0 Å². The van der Waals surface area contributed by atoms with Gasteiger partial charge in [0.2, 0.25) is 5.36 Å². The summed E-state index contributed by atoms with van der Waals surface area (Å²) < 4.78 is 26.2. The number of fused-ring (bicyclic) bond motifs is 1. The highest BCUT2D eigenvalue weighted by Crippen LogP contribution is 2.12. The van der Waals surface area contributed by atoms with Gasteiger partial charge in [-0.25, -0.2) is 13.6 Å². The lowest BCUT2D eigenvalue weighted by molar-refractivity contribution is -0.138. The Kier molecular flexibility index (Phi) is 5.69. The van der Waals surface area contributed by atoms with Crippen LogP contribution in [-0.2, 0) is 9.59 Å². The van der Waals surface area contributed by atoms with E-state index in [-0.39, 0.29) is 18.5 Å². The number of amides is 3. The zero-order chi connectivity index (χ0) is 19.6. The fourth-order valence-corrected chi connectivity index (χ4v) is 3.40. The van der Waals surface area contributed by atoms with Crippen LogP contribution in [0.5, 0.6) is 0 Å². The number of hydrogen-bond donors (Lipinski definition) is 1. The van der Waals surface area contributed by atoms with Crippen LogP contribution >= 0.6 is 0 Å². The van der Waals surface area contributed by atoms with Gasteiger partial charge < -0.3 is 5.32 Å². The molecule has 0 unspecified atom stereocenters. The highest BCUT2D eigenvalue weighted by Gasteiger charge is 2.30. The predicted octanol–water partition coefficient (Wildman–Crippen LogP) is -0.657. The van der Waals surface area contributed by atoms with Crippen molar-refractivity contribution in [1.29, 1.82) is 0 Å². The molecule has 0 aromatic heterocycles. The van der Waals surface area contributed by atoms with E-state index in [0.717, 1.165) is 0 Å². The summed E-state index contributed by atoms with van der Waals surface area (Å²) in [7, 11) is 0. The normalized spacial score (nSPS) is 18.4. The third-order valence-electron chi connectivity index (χ3n) is 4.81. The Labute approximate surface area is 154 Å². The van der Waals surface area contributed by atoms with E-state index in [2.05, 4.69) is 10.3 Å². The van der Waals surface area contributed by atoms with Crippen molar-refractivity contribution in [3.8, 4) is 0 Å². The second kappa shape index (κ2) is 7.99. The molecule has 3 rings (SSSR count). The van der Waals surface area contributed by atoms with E-state index in [0.29, 0.717) is 48.8 Å². The van der Waals surface area contributed by atoms with Crippen LogP contribution in [0.1, 0.15) is 30.1 Å². The number of carbonyl (C=O) groups is 3. The van der Waals surface area contributed by atoms with Crippen molar-refractivity contribution in [2.24, 2.45) is 4.99 Å². The maximum Gasteiger partial charge on any atom is 0.480 e. The minimum absolute atomic E-state index is 0.0882. The van der Waals surface area contributed by atoms with Crippen LogP contribution in [-0.4, -0.2) is 61.3 Å². The van der Waals surface area contributed by atoms with Crippen molar-refractivity contribution in [2.75, 3.05) is 26.2 Å². The minimum atomic E-state index is -2.35. The molecule has 0 atom stereocenters. The molecule has 2 heterocycles. The molecule has 7 nitrogen and oxygen atoms in total. The Hall–Kier alpha value is -2.55. The second-order valence-electron chi connectivity index (χ2n) is 6.61. The molecule has 2 aliphatic rings. The average molecular weight is 379 g/mol. The Morgan fingerprint density at radius 1 is 1.33 bits per heavy atom. The van der Waals surface area contributed by atoms with Crippen molar-refractivity contribution in [3.05, 3.63) is 34.5 Å². The van der Waals surface area contributed by atoms with Crippen LogP contribution < -0.4 is 20.6 Å². The third-order valence-corrected chi connectivity index (χ3v) is 4.81. The Bertz CT molecular complexity index is 892. The fraction of sp³-hybridized carbons (Fsp3) is 0.500. The van der Waals surface area contributed by atoms with E-state index in [4.69, 9.17) is 0 Å². The summed E-state index contributed by atoms with van der Waals surface area (Å²) in [5.74, 6) is -1.85. The maximum absolute atomic E-state index is 12.5. The molecule has 0 saturated carbocycles. The lowest BCUT2D eigenvalue weighted by Crippen LogP contribution is -2.51. The number of rotatable bonds is 5. The molecule has 1 N–H and O–H groups in total. The number of halogens is 2. The van der Waals surface area contributed by atoms with Gasteiger partial charge in [0.25, 0.3) is 12.3 Å². The van der Waals surface area contributed by atoms with Crippen LogP contribution in [0.2, 0.25) is 0 Å². The van der Waals surface area contributed by atoms with Gasteiger partial charge >= 0.3 is 11.8 Å². The van der Waals surface area contributed by atoms with Gasteiger partial charge in [0.05, 0.1) is 6.54 Å². The van der Waals surface area contributed by atoms with E-state index in [1.165, 1.54) is 10.6 Å². The molecule has 27 heavy (non-hydrogen) atoms. The lowest BCUT2D eigenvalue weighted by Gasteiger charge is -2.32. The number of carbonyl (C=O) groups excluding carboxylic acids is 3. The Morgan fingerprint density at radius 3 is 2.67 bits per heavy atom. The first kappa shape index (κ1) is 19.2. The molecule has 1 aromatic rings. The highest BCUT2D eigenvalue weighted by atomic mass is 19.3. The SMILES string of the molecule is CC[N+]1=c2ccc(C(=O)NC3CCN(CC(F)F)CC3)cc2=NC(=O)C1=O. The van der Waals surface area contributed by atoms with Gasteiger partial charge in [-0.05, 0) is 31.9 Å². The van der Waals surface area contributed by atoms with Crippen LogP contribution in [0, 0.1) is 0 Å². The zero-order valence-corrected chi connectivity index (χ0v) is 15.0. The molecule has 2 aliphatic heterocycles. The number of nitrogens with zero attached hydrogens (tertiary/aromatic N) is 3. The minimum Gasteiger partial charge on any atom is -0.349 e. The highest BCUT2D eigenvalue weighted by molar-refractivity contribution is 6.36. The van der Waals surface area contributed by atoms with E-state index in [1.54, 1.807) is 24.0 Å². The fourth-order valence-electron chi connectivity index (χ4n) is 3.40.